The number of aromatic nitrogens is 1. The predicted octanol–water partition coefficient (Wildman–Crippen LogP) is 3.96. The summed E-state index contributed by atoms with van der Waals surface area (Å²) in [4.78, 5) is 20.9. The van der Waals surface area contributed by atoms with Gasteiger partial charge in [0.25, 0.3) is 5.91 Å². The van der Waals surface area contributed by atoms with Crippen LogP contribution in [-0.4, -0.2) is 35.0 Å². The zero-order chi connectivity index (χ0) is 17.6. The summed E-state index contributed by atoms with van der Waals surface area (Å²) in [5.74, 6) is 0.104. The van der Waals surface area contributed by atoms with Crippen molar-refractivity contribution in [1.82, 2.24) is 9.88 Å². The van der Waals surface area contributed by atoms with Gasteiger partial charge in [-0.1, -0.05) is 18.2 Å². The van der Waals surface area contributed by atoms with Gasteiger partial charge >= 0.3 is 0 Å². The lowest BCUT2D eigenvalue weighted by molar-refractivity contribution is -0.113. The smallest absolute Gasteiger partial charge is 0.260 e. The minimum Gasteiger partial charge on any atom is -0.359 e. The molecule has 4 rings (SSSR count). The molecule has 1 fully saturated rings. The van der Waals surface area contributed by atoms with Gasteiger partial charge in [-0.05, 0) is 57.4 Å². The van der Waals surface area contributed by atoms with Crippen molar-refractivity contribution in [2.45, 2.75) is 39.7 Å². The van der Waals surface area contributed by atoms with Crippen molar-refractivity contribution >= 4 is 23.2 Å². The summed E-state index contributed by atoms with van der Waals surface area (Å²) in [6.45, 7) is 8.12. The molecule has 0 aliphatic carbocycles. The van der Waals surface area contributed by atoms with E-state index in [4.69, 9.17) is 0 Å². The van der Waals surface area contributed by atoms with Gasteiger partial charge in [0.15, 0.2) is 0 Å². The standard InChI is InChI=1S/C21H25N3O/c1-14-11-15(2)22-19(14)12-18-17-8-4-5-9-20(17)24(21(18)25)13-23-10-6-7-16(23)3/h4-5,8-9,11-12,16,22H,6-7,10,13H2,1-3H3/b18-12-. The Bertz CT molecular complexity index is 849. The van der Waals surface area contributed by atoms with Gasteiger partial charge in [-0.25, -0.2) is 0 Å². The van der Waals surface area contributed by atoms with Crippen LogP contribution in [0.25, 0.3) is 11.6 Å². The van der Waals surface area contributed by atoms with Gasteiger partial charge in [0.2, 0.25) is 0 Å². The topological polar surface area (TPSA) is 39.3 Å². The largest absolute Gasteiger partial charge is 0.359 e. The van der Waals surface area contributed by atoms with Crippen molar-refractivity contribution in [2.75, 3.05) is 18.1 Å². The van der Waals surface area contributed by atoms with Crippen LogP contribution in [0.2, 0.25) is 0 Å². The van der Waals surface area contributed by atoms with Crippen molar-refractivity contribution in [2.24, 2.45) is 0 Å². The molecule has 1 aromatic heterocycles. The van der Waals surface area contributed by atoms with E-state index in [0.29, 0.717) is 12.7 Å². The number of aryl methyl sites for hydroxylation is 2. The van der Waals surface area contributed by atoms with Gasteiger partial charge < -0.3 is 4.98 Å². The molecule has 0 spiro atoms. The van der Waals surface area contributed by atoms with Crippen LogP contribution in [0.1, 0.15) is 42.3 Å². The van der Waals surface area contributed by atoms with Crippen molar-refractivity contribution in [3.63, 3.8) is 0 Å². The molecule has 3 heterocycles. The highest BCUT2D eigenvalue weighted by molar-refractivity contribution is 6.35. The number of carbonyl (C=O) groups is 1. The fourth-order valence-corrected chi connectivity index (χ4v) is 4.02. The van der Waals surface area contributed by atoms with E-state index in [0.717, 1.165) is 34.8 Å². The van der Waals surface area contributed by atoms with Crippen molar-refractivity contribution < 1.29 is 4.79 Å². The molecular weight excluding hydrogens is 310 g/mol. The summed E-state index contributed by atoms with van der Waals surface area (Å²) in [5.41, 5.74) is 6.15. The molecule has 1 aromatic carbocycles. The Morgan fingerprint density at radius 1 is 1.28 bits per heavy atom. The maximum absolute atomic E-state index is 13.2. The predicted molar refractivity (Wildman–Crippen MR) is 102 cm³/mol. The number of rotatable bonds is 3. The maximum Gasteiger partial charge on any atom is 0.260 e. The third kappa shape index (κ3) is 2.81. The average Bonchev–Trinajstić information content (AvgIpc) is 3.21. The summed E-state index contributed by atoms with van der Waals surface area (Å²) in [5, 5.41) is 0. The monoisotopic (exact) mass is 335 g/mol. The highest BCUT2D eigenvalue weighted by Crippen LogP contribution is 2.38. The van der Waals surface area contributed by atoms with Crippen LogP contribution in [0.5, 0.6) is 0 Å². The van der Waals surface area contributed by atoms with Crippen molar-refractivity contribution in [1.29, 1.82) is 0 Å². The number of benzene rings is 1. The van der Waals surface area contributed by atoms with E-state index in [1.165, 1.54) is 18.4 Å². The summed E-state index contributed by atoms with van der Waals surface area (Å²) in [6, 6.07) is 10.8. The molecule has 25 heavy (non-hydrogen) atoms. The number of nitrogens with zero attached hydrogens (tertiary/aromatic N) is 2. The second-order valence-corrected chi connectivity index (χ2v) is 7.30. The second-order valence-electron chi connectivity index (χ2n) is 7.30. The molecule has 1 atom stereocenters. The molecule has 1 saturated heterocycles. The fourth-order valence-electron chi connectivity index (χ4n) is 4.02. The molecule has 1 unspecified atom stereocenters. The molecular formula is C21H25N3O. The van der Waals surface area contributed by atoms with Gasteiger partial charge in [-0.15, -0.1) is 0 Å². The summed E-state index contributed by atoms with van der Waals surface area (Å²) in [7, 11) is 0. The Balaban J connectivity index is 1.72. The zero-order valence-corrected chi connectivity index (χ0v) is 15.2. The number of aromatic amines is 1. The Kier molecular flexibility index (Phi) is 4.00. The molecule has 0 bridgehead atoms. The second kappa shape index (κ2) is 6.19. The van der Waals surface area contributed by atoms with Gasteiger partial charge in [-0.2, -0.15) is 0 Å². The third-order valence-electron chi connectivity index (χ3n) is 5.45. The van der Waals surface area contributed by atoms with Crippen LogP contribution in [0.15, 0.2) is 30.3 Å². The highest BCUT2D eigenvalue weighted by Gasteiger charge is 2.34. The lowest BCUT2D eigenvalue weighted by Crippen LogP contribution is -2.41. The first-order valence-electron chi connectivity index (χ1n) is 9.08. The molecule has 4 nitrogen and oxygen atoms in total. The highest BCUT2D eigenvalue weighted by atomic mass is 16.2. The van der Waals surface area contributed by atoms with Crippen LogP contribution < -0.4 is 4.90 Å². The van der Waals surface area contributed by atoms with E-state index < -0.39 is 0 Å². The minimum absolute atomic E-state index is 0.104. The third-order valence-corrected chi connectivity index (χ3v) is 5.45. The first-order chi connectivity index (χ1) is 12.0. The SMILES string of the molecule is Cc1cc(C)c(/C=C2\C(=O)N(CN3CCCC3C)c3ccccc32)[nH]1. The van der Waals surface area contributed by atoms with Gasteiger partial charge in [0.05, 0.1) is 17.9 Å². The number of anilines is 1. The quantitative estimate of drug-likeness (QED) is 0.862. The molecule has 2 aliphatic heterocycles. The van der Waals surface area contributed by atoms with E-state index >= 15 is 0 Å². The van der Waals surface area contributed by atoms with Crippen LogP contribution in [0.3, 0.4) is 0 Å². The number of H-pyrrole nitrogens is 1. The van der Waals surface area contributed by atoms with E-state index in [-0.39, 0.29) is 5.91 Å². The number of hydrogen-bond acceptors (Lipinski definition) is 2. The Morgan fingerprint density at radius 2 is 2.08 bits per heavy atom. The van der Waals surface area contributed by atoms with Crippen molar-refractivity contribution in [3.8, 4) is 0 Å². The first-order valence-corrected chi connectivity index (χ1v) is 9.08. The number of para-hydroxylation sites is 1. The number of hydrogen-bond donors (Lipinski definition) is 1. The van der Waals surface area contributed by atoms with Crippen molar-refractivity contribution in [3.05, 3.63) is 52.8 Å². The molecule has 130 valence electrons. The fraction of sp³-hybridized carbons (Fsp3) is 0.381. The maximum atomic E-state index is 13.2. The van der Waals surface area contributed by atoms with E-state index in [9.17, 15) is 4.79 Å². The lowest BCUT2D eigenvalue weighted by Gasteiger charge is -2.27. The number of amides is 1. The first kappa shape index (κ1) is 16.2. The Morgan fingerprint density at radius 3 is 2.76 bits per heavy atom. The Labute approximate surface area is 149 Å². The molecule has 0 saturated carbocycles. The molecule has 2 aliphatic rings. The van der Waals surface area contributed by atoms with E-state index in [1.807, 2.05) is 30.0 Å². The zero-order valence-electron chi connectivity index (χ0n) is 15.2. The average molecular weight is 335 g/mol. The van der Waals surface area contributed by atoms with Gasteiger partial charge in [0, 0.05) is 29.5 Å². The summed E-state index contributed by atoms with van der Waals surface area (Å²) in [6.07, 6.45) is 4.44. The minimum atomic E-state index is 0.104. The lowest BCUT2D eigenvalue weighted by atomic mass is 10.1. The van der Waals surface area contributed by atoms with Crippen LogP contribution in [-0.2, 0) is 4.79 Å². The van der Waals surface area contributed by atoms with Crippen LogP contribution in [0, 0.1) is 13.8 Å². The molecule has 0 radical (unpaired) electrons. The normalized spacial score (nSPS) is 22.2. The molecule has 1 amide bonds. The van der Waals surface area contributed by atoms with E-state index in [2.05, 4.69) is 41.9 Å². The van der Waals surface area contributed by atoms with E-state index in [1.54, 1.807) is 0 Å². The van der Waals surface area contributed by atoms with Crippen LogP contribution >= 0.6 is 0 Å². The number of nitrogens with one attached hydrogen (secondary N) is 1. The summed E-state index contributed by atoms with van der Waals surface area (Å²) < 4.78 is 0. The Hall–Kier alpha value is -2.33. The number of fused-ring (bicyclic) bond motifs is 1. The molecule has 2 aromatic rings. The van der Waals surface area contributed by atoms with Gasteiger partial charge in [0.1, 0.15) is 0 Å². The summed E-state index contributed by atoms with van der Waals surface area (Å²) >= 11 is 0. The number of likely N-dealkylation sites (tertiary alicyclic amines) is 1. The number of carbonyl (C=O) groups excluding carboxylic acids is 1. The molecule has 1 N–H and O–H groups in total. The van der Waals surface area contributed by atoms with Crippen LogP contribution in [0.4, 0.5) is 5.69 Å². The molecule has 4 heteroatoms. The van der Waals surface area contributed by atoms with Gasteiger partial charge in [-0.3, -0.25) is 14.6 Å².